The van der Waals surface area contributed by atoms with Gasteiger partial charge in [-0.2, -0.15) is 10.5 Å². The van der Waals surface area contributed by atoms with E-state index in [1.807, 2.05) is 6.07 Å². The third-order valence-corrected chi connectivity index (χ3v) is 2.64. The summed E-state index contributed by atoms with van der Waals surface area (Å²) in [4.78, 5) is 15.7. The average molecular weight is 252 g/mol. The monoisotopic (exact) mass is 252 g/mol. The molecule has 0 unspecified atom stereocenters. The van der Waals surface area contributed by atoms with E-state index in [0.717, 1.165) is 0 Å². The predicted octanol–water partition coefficient (Wildman–Crippen LogP) is -0.0503. The smallest absolute Gasteiger partial charge is 0.289 e. The Morgan fingerprint density at radius 2 is 1.74 bits per heavy atom. The molecule has 7 nitrogen and oxygen atoms in total. The Morgan fingerprint density at radius 1 is 1.16 bits per heavy atom. The van der Waals surface area contributed by atoms with Gasteiger partial charge in [0.15, 0.2) is 0 Å². The second-order valence-electron chi connectivity index (χ2n) is 3.64. The first-order chi connectivity index (χ1) is 9.11. The van der Waals surface area contributed by atoms with Crippen LogP contribution in [0, 0.1) is 22.7 Å². The number of aromatic nitrogens is 2. The molecule has 4 N–H and O–H groups in total. The fourth-order valence-electron chi connectivity index (χ4n) is 1.73. The zero-order valence-corrected chi connectivity index (χ0v) is 9.66. The highest BCUT2D eigenvalue weighted by Gasteiger charge is 2.20. The fourth-order valence-corrected chi connectivity index (χ4v) is 1.73. The lowest BCUT2D eigenvalue weighted by molar-refractivity contribution is 0.942. The highest BCUT2D eigenvalue weighted by Crippen LogP contribution is 2.27. The lowest BCUT2D eigenvalue weighted by Crippen LogP contribution is -2.33. The Kier molecular flexibility index (Phi) is 2.88. The Morgan fingerprint density at radius 3 is 2.26 bits per heavy atom. The summed E-state index contributed by atoms with van der Waals surface area (Å²) in [6.45, 7) is 0. The van der Waals surface area contributed by atoms with Gasteiger partial charge in [0.1, 0.15) is 29.1 Å². The molecule has 0 fully saturated rings. The van der Waals surface area contributed by atoms with Crippen molar-refractivity contribution in [3.8, 4) is 23.3 Å². The van der Waals surface area contributed by atoms with Crippen LogP contribution in [0.4, 0.5) is 5.82 Å². The van der Waals surface area contributed by atoms with Crippen molar-refractivity contribution in [1.82, 2.24) is 9.66 Å². The van der Waals surface area contributed by atoms with Crippen molar-refractivity contribution >= 4 is 5.82 Å². The summed E-state index contributed by atoms with van der Waals surface area (Å²) in [5.41, 5.74) is 5.35. The molecule has 2 heterocycles. The molecule has 0 radical (unpaired) electrons. The summed E-state index contributed by atoms with van der Waals surface area (Å²) in [7, 11) is 0. The standard InChI is InChI=1S/C12H8N6O/c13-5-8-10(7-1-3-17-4-2-7)9(6-14)12(19)18(16)11(8)15/h1-4H,15-16H2. The number of nitrogen functional groups attached to an aromatic ring is 2. The van der Waals surface area contributed by atoms with Crippen LogP contribution < -0.4 is 17.1 Å². The fraction of sp³-hybridized carbons (Fsp3) is 0. The van der Waals surface area contributed by atoms with Gasteiger partial charge in [-0.3, -0.25) is 9.78 Å². The molecule has 2 aromatic heterocycles. The van der Waals surface area contributed by atoms with Crippen LogP contribution in [-0.2, 0) is 0 Å². The third-order valence-electron chi connectivity index (χ3n) is 2.64. The number of hydrogen-bond donors (Lipinski definition) is 2. The molecular formula is C12H8N6O. The van der Waals surface area contributed by atoms with Crippen molar-refractivity contribution in [2.24, 2.45) is 0 Å². The summed E-state index contributed by atoms with van der Waals surface area (Å²) in [5, 5.41) is 18.3. The first-order valence-electron chi connectivity index (χ1n) is 5.16. The van der Waals surface area contributed by atoms with Crippen LogP contribution in [0.25, 0.3) is 11.1 Å². The van der Waals surface area contributed by atoms with Gasteiger partial charge in [0.25, 0.3) is 5.56 Å². The van der Waals surface area contributed by atoms with Crippen LogP contribution in [0.1, 0.15) is 11.1 Å². The van der Waals surface area contributed by atoms with Crippen LogP contribution in [0.5, 0.6) is 0 Å². The van der Waals surface area contributed by atoms with E-state index in [1.54, 1.807) is 18.2 Å². The Bertz CT molecular complexity index is 779. The quantitative estimate of drug-likeness (QED) is 0.683. The first-order valence-corrected chi connectivity index (χ1v) is 5.16. The van der Waals surface area contributed by atoms with Crippen molar-refractivity contribution in [2.75, 3.05) is 11.6 Å². The van der Waals surface area contributed by atoms with Crippen molar-refractivity contribution < 1.29 is 0 Å². The Labute approximate surface area is 107 Å². The van der Waals surface area contributed by atoms with Gasteiger partial charge in [0.05, 0.1) is 0 Å². The zero-order valence-electron chi connectivity index (χ0n) is 9.66. The Hall–Kier alpha value is -3.32. The molecule has 0 saturated carbocycles. The number of rotatable bonds is 1. The molecule has 19 heavy (non-hydrogen) atoms. The molecule has 92 valence electrons. The van der Waals surface area contributed by atoms with Gasteiger partial charge in [0.2, 0.25) is 0 Å². The van der Waals surface area contributed by atoms with Gasteiger partial charge in [-0.15, -0.1) is 0 Å². The van der Waals surface area contributed by atoms with Gasteiger partial charge in [-0.25, -0.2) is 4.68 Å². The summed E-state index contributed by atoms with van der Waals surface area (Å²) in [5.74, 6) is 5.26. The van der Waals surface area contributed by atoms with E-state index in [4.69, 9.17) is 22.1 Å². The molecule has 0 amide bonds. The maximum absolute atomic E-state index is 11.9. The van der Waals surface area contributed by atoms with Gasteiger partial charge < -0.3 is 11.6 Å². The number of nitriles is 2. The molecule has 0 aliphatic heterocycles. The number of pyridine rings is 2. The molecule has 0 aromatic carbocycles. The van der Waals surface area contributed by atoms with E-state index in [0.29, 0.717) is 10.2 Å². The lowest BCUT2D eigenvalue weighted by Gasteiger charge is -2.11. The van der Waals surface area contributed by atoms with E-state index < -0.39 is 5.56 Å². The van der Waals surface area contributed by atoms with Crippen molar-refractivity contribution in [2.45, 2.75) is 0 Å². The van der Waals surface area contributed by atoms with Crippen LogP contribution >= 0.6 is 0 Å². The second kappa shape index (κ2) is 4.51. The molecule has 7 heteroatoms. The third kappa shape index (κ3) is 1.75. The topological polar surface area (TPSA) is 135 Å². The molecule has 2 rings (SSSR count). The molecule has 0 spiro atoms. The normalized spacial score (nSPS) is 9.58. The molecule has 0 aliphatic carbocycles. The van der Waals surface area contributed by atoms with Gasteiger partial charge in [-0.05, 0) is 17.7 Å². The van der Waals surface area contributed by atoms with E-state index in [1.165, 1.54) is 12.4 Å². The molecule has 0 bridgehead atoms. The number of nitrogens with zero attached hydrogens (tertiary/aromatic N) is 4. The first kappa shape index (κ1) is 12.1. The minimum atomic E-state index is -0.745. The molecular weight excluding hydrogens is 244 g/mol. The molecule has 0 aliphatic rings. The maximum Gasteiger partial charge on any atom is 0.289 e. The van der Waals surface area contributed by atoms with Crippen LogP contribution in [0.2, 0.25) is 0 Å². The average Bonchev–Trinajstić information content (AvgIpc) is 2.45. The summed E-state index contributed by atoms with van der Waals surface area (Å²) < 4.78 is 0.599. The minimum absolute atomic E-state index is 0.00940. The van der Waals surface area contributed by atoms with Crippen molar-refractivity contribution in [3.63, 3.8) is 0 Å². The second-order valence-corrected chi connectivity index (χ2v) is 3.64. The van der Waals surface area contributed by atoms with Crippen molar-refractivity contribution in [3.05, 3.63) is 46.0 Å². The molecule has 0 saturated heterocycles. The Balaban J connectivity index is 3.00. The van der Waals surface area contributed by atoms with Crippen molar-refractivity contribution in [1.29, 1.82) is 10.5 Å². The zero-order chi connectivity index (χ0) is 14.0. The van der Waals surface area contributed by atoms with Gasteiger partial charge in [-0.1, -0.05) is 0 Å². The highest BCUT2D eigenvalue weighted by atomic mass is 16.1. The predicted molar refractivity (Wildman–Crippen MR) is 67.9 cm³/mol. The van der Waals surface area contributed by atoms with E-state index in [2.05, 4.69) is 4.98 Å². The van der Waals surface area contributed by atoms with Crippen LogP contribution in [0.15, 0.2) is 29.3 Å². The van der Waals surface area contributed by atoms with E-state index in [9.17, 15) is 4.79 Å². The largest absolute Gasteiger partial charge is 0.382 e. The van der Waals surface area contributed by atoms with Gasteiger partial charge in [0, 0.05) is 18.0 Å². The summed E-state index contributed by atoms with van der Waals surface area (Å²) in [6, 6.07) is 6.79. The SMILES string of the molecule is N#Cc1c(-c2ccncc2)c(C#N)c(=O)n(N)c1N. The highest BCUT2D eigenvalue weighted by molar-refractivity contribution is 5.80. The number of anilines is 1. The van der Waals surface area contributed by atoms with Crippen LogP contribution in [0.3, 0.4) is 0 Å². The summed E-state index contributed by atoms with van der Waals surface area (Å²) >= 11 is 0. The molecule has 0 atom stereocenters. The summed E-state index contributed by atoms with van der Waals surface area (Å²) in [6.07, 6.45) is 2.98. The molecule has 2 aromatic rings. The number of nitrogens with two attached hydrogens (primary N) is 2. The van der Waals surface area contributed by atoms with E-state index >= 15 is 0 Å². The maximum atomic E-state index is 11.9. The minimum Gasteiger partial charge on any atom is -0.382 e. The van der Waals surface area contributed by atoms with Crippen LogP contribution in [-0.4, -0.2) is 9.66 Å². The van der Waals surface area contributed by atoms with Gasteiger partial charge >= 0.3 is 0 Å². The van der Waals surface area contributed by atoms with E-state index in [-0.39, 0.29) is 22.5 Å². The number of hydrogen-bond acceptors (Lipinski definition) is 6. The lowest BCUT2D eigenvalue weighted by atomic mass is 9.97.